The molecule has 0 unspecified atom stereocenters. The normalized spacial score (nSPS) is 12.4. The van der Waals surface area contributed by atoms with Crippen molar-refractivity contribution >= 4 is 0 Å². The van der Waals surface area contributed by atoms with Crippen LogP contribution < -0.4 is 0 Å². The van der Waals surface area contributed by atoms with Crippen molar-refractivity contribution in [1.29, 1.82) is 0 Å². The van der Waals surface area contributed by atoms with Crippen LogP contribution in [0.2, 0.25) is 0 Å². The van der Waals surface area contributed by atoms with E-state index in [4.69, 9.17) is 0 Å². The topological polar surface area (TPSA) is 0 Å². The van der Waals surface area contributed by atoms with Gasteiger partial charge >= 0.3 is 0 Å². The fourth-order valence-electron chi connectivity index (χ4n) is 0.600. The first kappa shape index (κ1) is 8.22. The van der Waals surface area contributed by atoms with Crippen molar-refractivity contribution in [3.8, 4) is 0 Å². The van der Waals surface area contributed by atoms with Crippen molar-refractivity contribution < 1.29 is 0 Å². The largest absolute Gasteiger partial charge is 0.103 e. The molecule has 0 atom stereocenters. The molecule has 50 valence electrons. The first-order valence-corrected chi connectivity index (χ1v) is 3.21. The summed E-state index contributed by atoms with van der Waals surface area (Å²) in [6.07, 6.45) is 9.13. The highest BCUT2D eigenvalue weighted by atomic mass is 13.8. The van der Waals surface area contributed by atoms with Crippen LogP contribution in [0.1, 0.15) is 20.3 Å². The Morgan fingerprint density at radius 3 is 2.67 bits per heavy atom. The van der Waals surface area contributed by atoms with E-state index in [1.54, 1.807) is 0 Å². The molecule has 0 aliphatic carbocycles. The summed E-state index contributed by atoms with van der Waals surface area (Å²) < 4.78 is 0. The van der Waals surface area contributed by atoms with Gasteiger partial charge in [-0.15, -0.1) is 6.58 Å². The van der Waals surface area contributed by atoms with Crippen LogP contribution in [0.25, 0.3) is 0 Å². The molecule has 0 aromatic carbocycles. The molecule has 0 bridgehead atoms. The van der Waals surface area contributed by atoms with Crippen LogP contribution in [0, 0.1) is 0 Å². The molecule has 0 aromatic heterocycles. The van der Waals surface area contributed by atoms with Crippen LogP contribution in [-0.4, -0.2) is 0 Å². The second-order valence-corrected chi connectivity index (χ2v) is 1.97. The lowest BCUT2D eigenvalue weighted by atomic mass is 10.2. The molecule has 0 saturated carbocycles. The maximum atomic E-state index is 3.62. The molecular weight excluding hydrogens is 108 g/mol. The third kappa shape index (κ3) is 5.09. The molecule has 0 saturated heterocycles. The highest BCUT2D eigenvalue weighted by Gasteiger charge is 1.75. The number of hydrogen-bond donors (Lipinski definition) is 0. The summed E-state index contributed by atoms with van der Waals surface area (Å²) >= 11 is 0. The van der Waals surface area contributed by atoms with Crippen LogP contribution in [0.4, 0.5) is 0 Å². The monoisotopic (exact) mass is 122 g/mol. The maximum absolute atomic E-state index is 3.62. The van der Waals surface area contributed by atoms with Gasteiger partial charge in [-0.25, -0.2) is 0 Å². The Labute approximate surface area is 57.6 Å². The van der Waals surface area contributed by atoms with E-state index < -0.39 is 0 Å². The van der Waals surface area contributed by atoms with Crippen molar-refractivity contribution in [2.45, 2.75) is 20.3 Å². The van der Waals surface area contributed by atoms with Gasteiger partial charge in [-0.2, -0.15) is 0 Å². The van der Waals surface area contributed by atoms with E-state index in [1.807, 2.05) is 19.1 Å². The lowest BCUT2D eigenvalue weighted by molar-refractivity contribution is 1.34. The second kappa shape index (κ2) is 5.36. The lowest BCUT2D eigenvalue weighted by Crippen LogP contribution is -1.65. The van der Waals surface area contributed by atoms with Gasteiger partial charge < -0.3 is 0 Å². The molecule has 0 rings (SSSR count). The highest BCUT2D eigenvalue weighted by molar-refractivity contribution is 5.15. The summed E-state index contributed by atoms with van der Waals surface area (Å²) in [6.45, 7) is 7.73. The molecule has 0 heteroatoms. The highest BCUT2D eigenvalue weighted by Crippen LogP contribution is 1.96. The quantitative estimate of drug-likeness (QED) is 0.398. The van der Waals surface area contributed by atoms with Gasteiger partial charge in [0.05, 0.1) is 0 Å². The van der Waals surface area contributed by atoms with Crippen LogP contribution in [0.3, 0.4) is 0 Å². The number of rotatable bonds is 3. The van der Waals surface area contributed by atoms with Gasteiger partial charge in [-0.05, 0) is 20.3 Å². The van der Waals surface area contributed by atoms with Gasteiger partial charge in [-0.3, -0.25) is 0 Å². The zero-order valence-electron chi connectivity index (χ0n) is 6.22. The van der Waals surface area contributed by atoms with E-state index in [-0.39, 0.29) is 0 Å². The SMILES string of the molecule is C=CCC=C(C)/C=C\C. The molecule has 0 aromatic rings. The molecule has 0 heterocycles. The summed E-state index contributed by atoms with van der Waals surface area (Å²) in [5.74, 6) is 0. The fourth-order valence-corrected chi connectivity index (χ4v) is 0.600. The molecule has 0 aliphatic heterocycles. The van der Waals surface area contributed by atoms with Gasteiger partial charge in [0.25, 0.3) is 0 Å². The zero-order valence-corrected chi connectivity index (χ0v) is 6.22. The van der Waals surface area contributed by atoms with Crippen molar-refractivity contribution in [3.63, 3.8) is 0 Å². The molecule has 9 heavy (non-hydrogen) atoms. The average molecular weight is 122 g/mol. The van der Waals surface area contributed by atoms with E-state index in [1.165, 1.54) is 5.57 Å². The summed E-state index contributed by atoms with van der Waals surface area (Å²) in [4.78, 5) is 0. The molecule has 0 spiro atoms. The van der Waals surface area contributed by atoms with Crippen molar-refractivity contribution in [3.05, 3.63) is 36.5 Å². The lowest BCUT2D eigenvalue weighted by Gasteiger charge is -1.86. The standard InChI is InChI=1S/C9H14/c1-4-6-8-9(3)7-5-2/h4-5,7-8H,1,6H2,2-3H3/b7-5-,9-8?. The van der Waals surface area contributed by atoms with Gasteiger partial charge in [0.15, 0.2) is 0 Å². The predicted molar refractivity (Wildman–Crippen MR) is 43.4 cm³/mol. The molecule has 0 nitrogen and oxygen atoms in total. The maximum Gasteiger partial charge on any atom is -0.0166 e. The zero-order chi connectivity index (χ0) is 7.11. The van der Waals surface area contributed by atoms with E-state index in [0.29, 0.717) is 0 Å². The van der Waals surface area contributed by atoms with Crippen molar-refractivity contribution in [2.75, 3.05) is 0 Å². The third-order valence-electron chi connectivity index (χ3n) is 1.04. The number of allylic oxidation sites excluding steroid dienone is 5. The third-order valence-corrected chi connectivity index (χ3v) is 1.04. The molecule has 0 radical (unpaired) electrons. The van der Waals surface area contributed by atoms with Crippen LogP contribution in [0.5, 0.6) is 0 Å². The molecule has 0 amide bonds. The minimum atomic E-state index is 0.968. The summed E-state index contributed by atoms with van der Waals surface area (Å²) in [7, 11) is 0. The molecule has 0 N–H and O–H groups in total. The van der Waals surface area contributed by atoms with Crippen LogP contribution in [0.15, 0.2) is 36.5 Å². The minimum absolute atomic E-state index is 0.968. The van der Waals surface area contributed by atoms with Crippen molar-refractivity contribution in [1.82, 2.24) is 0 Å². The summed E-state index contributed by atoms with van der Waals surface area (Å²) in [5.41, 5.74) is 1.30. The summed E-state index contributed by atoms with van der Waals surface area (Å²) in [6, 6.07) is 0. The van der Waals surface area contributed by atoms with Crippen molar-refractivity contribution in [2.24, 2.45) is 0 Å². The molecule has 0 aliphatic rings. The Balaban J connectivity index is 3.68. The Hall–Kier alpha value is -0.780. The Morgan fingerprint density at radius 1 is 1.56 bits per heavy atom. The Morgan fingerprint density at radius 2 is 2.22 bits per heavy atom. The van der Waals surface area contributed by atoms with Crippen LogP contribution >= 0.6 is 0 Å². The first-order chi connectivity index (χ1) is 4.31. The van der Waals surface area contributed by atoms with Gasteiger partial charge in [0, 0.05) is 0 Å². The van der Waals surface area contributed by atoms with Crippen LogP contribution in [-0.2, 0) is 0 Å². The number of hydrogen-bond acceptors (Lipinski definition) is 0. The summed E-state index contributed by atoms with van der Waals surface area (Å²) in [5, 5.41) is 0. The first-order valence-electron chi connectivity index (χ1n) is 3.21. The van der Waals surface area contributed by atoms with E-state index >= 15 is 0 Å². The minimum Gasteiger partial charge on any atom is -0.103 e. The van der Waals surface area contributed by atoms with Gasteiger partial charge in [-0.1, -0.05) is 29.9 Å². The predicted octanol–water partition coefficient (Wildman–Crippen LogP) is 3.08. The second-order valence-electron chi connectivity index (χ2n) is 1.97. The average Bonchev–Trinajstić information content (AvgIpc) is 1.85. The van der Waals surface area contributed by atoms with Gasteiger partial charge in [0.2, 0.25) is 0 Å². The Kier molecular flexibility index (Phi) is 4.89. The van der Waals surface area contributed by atoms with Gasteiger partial charge in [0.1, 0.15) is 0 Å². The van der Waals surface area contributed by atoms with E-state index in [0.717, 1.165) is 6.42 Å². The van der Waals surface area contributed by atoms with E-state index in [2.05, 4.69) is 25.7 Å². The molecular formula is C9H14. The smallest absolute Gasteiger partial charge is 0.0166 e. The van der Waals surface area contributed by atoms with E-state index in [9.17, 15) is 0 Å². The Bertz CT molecular complexity index is 127. The fraction of sp³-hybridized carbons (Fsp3) is 0.333. The molecule has 0 fully saturated rings.